The van der Waals surface area contributed by atoms with Crippen LogP contribution in [0.3, 0.4) is 0 Å². The number of rotatable bonds is 0. The fourth-order valence-electron chi connectivity index (χ4n) is 0.999. The van der Waals surface area contributed by atoms with Gasteiger partial charge in [0.1, 0.15) is 0 Å². The lowest BCUT2D eigenvalue weighted by molar-refractivity contribution is 1.07. The zero-order valence-electron chi connectivity index (χ0n) is 5.74. The Kier molecular flexibility index (Phi) is 1.22. The van der Waals surface area contributed by atoms with Gasteiger partial charge in [-0.05, 0) is 12.1 Å². The second-order valence-electron chi connectivity index (χ2n) is 2.26. The molecule has 1 aliphatic heterocycles. The molecule has 54 valence electrons. The van der Waals surface area contributed by atoms with Crippen LogP contribution in [-0.2, 0) is 0 Å². The van der Waals surface area contributed by atoms with Crippen LogP contribution in [0.15, 0.2) is 35.1 Å². The van der Waals surface area contributed by atoms with Gasteiger partial charge in [0.15, 0.2) is 0 Å². The van der Waals surface area contributed by atoms with E-state index in [-0.39, 0.29) is 5.56 Å². The molecular weight excluding hydrogens is 140 g/mol. The van der Waals surface area contributed by atoms with Crippen molar-refractivity contribution in [3.05, 3.63) is 40.7 Å². The summed E-state index contributed by atoms with van der Waals surface area (Å²) in [4.78, 5) is 11.0. The first-order valence-electron chi connectivity index (χ1n) is 3.31. The lowest BCUT2D eigenvalue weighted by Gasteiger charge is -1.80. The monoisotopic (exact) mass is 146 g/mol. The van der Waals surface area contributed by atoms with Gasteiger partial charge in [-0.2, -0.15) is 5.10 Å². The highest BCUT2D eigenvalue weighted by Crippen LogP contribution is 2.09. The second kappa shape index (κ2) is 2.20. The van der Waals surface area contributed by atoms with E-state index in [0.717, 1.165) is 0 Å². The number of fused-ring (bicyclic) bond motifs is 1. The highest BCUT2D eigenvalue weighted by atomic mass is 16.1. The van der Waals surface area contributed by atoms with Crippen molar-refractivity contribution >= 4 is 0 Å². The molecule has 0 saturated carbocycles. The lowest BCUT2D eigenvalue weighted by atomic mass is 10.2. The van der Waals surface area contributed by atoms with E-state index in [1.54, 1.807) is 12.1 Å². The van der Waals surface area contributed by atoms with E-state index in [4.69, 9.17) is 0 Å². The van der Waals surface area contributed by atoms with E-state index in [1.165, 1.54) is 0 Å². The van der Waals surface area contributed by atoms with E-state index in [0.29, 0.717) is 11.3 Å². The molecule has 0 unspecified atom stereocenters. The zero-order valence-corrected chi connectivity index (χ0v) is 5.74. The Labute approximate surface area is 63.0 Å². The predicted molar refractivity (Wildman–Crippen MR) is 41.5 cm³/mol. The summed E-state index contributed by atoms with van der Waals surface area (Å²) in [5.41, 5.74) is 1.21. The Hall–Kier alpha value is -1.64. The summed E-state index contributed by atoms with van der Waals surface area (Å²) in [5.74, 6) is 0. The minimum Gasteiger partial charge on any atom is -0.267 e. The molecule has 3 heteroatoms. The first-order chi connectivity index (χ1) is 5.38. The summed E-state index contributed by atoms with van der Waals surface area (Å²) < 4.78 is 0. The minimum atomic E-state index is -0.129. The quantitative estimate of drug-likeness (QED) is 0.599. The Balaban J connectivity index is 2.86. The molecule has 0 bridgehead atoms. The third-order valence-corrected chi connectivity index (χ3v) is 1.54. The molecule has 1 N–H and O–H groups in total. The molecule has 0 aromatic rings. The van der Waals surface area contributed by atoms with Gasteiger partial charge < -0.3 is 0 Å². The topological polar surface area (TPSA) is 45.8 Å². The molecular formula is C8H6N2O. The van der Waals surface area contributed by atoms with E-state index in [9.17, 15) is 4.79 Å². The molecule has 0 aromatic heterocycles. The van der Waals surface area contributed by atoms with Gasteiger partial charge in [0.25, 0.3) is 5.56 Å². The number of nitrogens with zero attached hydrogens (tertiary/aromatic N) is 1. The number of nitrogens with one attached hydrogen (secondary N) is 1. The molecule has 0 atom stereocenters. The van der Waals surface area contributed by atoms with Gasteiger partial charge in [-0.15, -0.1) is 0 Å². The first kappa shape index (κ1) is 6.09. The van der Waals surface area contributed by atoms with Crippen LogP contribution in [0, 0.1) is 0 Å². The molecule has 0 saturated heterocycles. The third-order valence-electron chi connectivity index (χ3n) is 1.54. The van der Waals surface area contributed by atoms with Gasteiger partial charge in [-0.25, -0.2) is 5.10 Å². The van der Waals surface area contributed by atoms with E-state index >= 15 is 0 Å². The summed E-state index contributed by atoms with van der Waals surface area (Å²) in [5, 5.41) is 6.21. The maximum absolute atomic E-state index is 11.0. The van der Waals surface area contributed by atoms with Crippen LogP contribution >= 0.6 is 0 Å². The standard InChI is InChI=1S/C8H6N2O/c11-8-6-4-2-1-3-5-7(6)9-10-8/h1-5H,(H,10,11). The van der Waals surface area contributed by atoms with Gasteiger partial charge in [0, 0.05) is 0 Å². The number of aromatic amines is 1. The van der Waals surface area contributed by atoms with E-state index in [2.05, 4.69) is 10.2 Å². The highest BCUT2D eigenvalue weighted by Gasteiger charge is 2.04. The minimum absolute atomic E-state index is 0.129. The van der Waals surface area contributed by atoms with Crippen LogP contribution in [0.25, 0.3) is 11.3 Å². The van der Waals surface area contributed by atoms with Crippen molar-refractivity contribution in [3.8, 4) is 11.3 Å². The van der Waals surface area contributed by atoms with Gasteiger partial charge in [-0.3, -0.25) is 4.79 Å². The van der Waals surface area contributed by atoms with Crippen molar-refractivity contribution in [2.45, 2.75) is 0 Å². The fraction of sp³-hybridized carbons (Fsp3) is 0. The van der Waals surface area contributed by atoms with Crippen molar-refractivity contribution in [3.63, 3.8) is 0 Å². The molecule has 0 radical (unpaired) electrons. The number of hydrogen-bond donors (Lipinski definition) is 1. The van der Waals surface area contributed by atoms with Crippen LogP contribution < -0.4 is 5.56 Å². The smallest absolute Gasteiger partial charge is 0.267 e. The van der Waals surface area contributed by atoms with Gasteiger partial charge in [-0.1, -0.05) is 18.2 Å². The molecule has 0 spiro atoms. The summed E-state index contributed by atoms with van der Waals surface area (Å²) in [6.45, 7) is 0. The first-order valence-corrected chi connectivity index (χ1v) is 3.31. The Morgan fingerprint density at radius 3 is 2.91 bits per heavy atom. The largest absolute Gasteiger partial charge is 0.273 e. The SMILES string of the molecule is O=c1[nH]nc2cccccc1-2. The highest BCUT2D eigenvalue weighted by molar-refractivity contribution is 5.57. The second-order valence-corrected chi connectivity index (χ2v) is 2.26. The average Bonchev–Trinajstić information content (AvgIpc) is 2.25. The molecule has 2 aliphatic rings. The molecule has 11 heavy (non-hydrogen) atoms. The summed E-state index contributed by atoms with van der Waals surface area (Å²) in [6, 6.07) is 9.08. The van der Waals surface area contributed by atoms with Crippen molar-refractivity contribution in [1.29, 1.82) is 0 Å². The summed E-state index contributed by atoms with van der Waals surface area (Å²) in [6.07, 6.45) is 0. The maximum Gasteiger partial charge on any atom is 0.273 e. The van der Waals surface area contributed by atoms with Crippen molar-refractivity contribution in [2.24, 2.45) is 0 Å². The Bertz CT molecular complexity index is 394. The molecule has 0 fully saturated rings. The van der Waals surface area contributed by atoms with Crippen molar-refractivity contribution in [1.82, 2.24) is 10.2 Å². The zero-order chi connectivity index (χ0) is 7.68. The van der Waals surface area contributed by atoms with E-state index in [1.807, 2.05) is 18.2 Å². The van der Waals surface area contributed by atoms with Crippen LogP contribution in [-0.4, -0.2) is 10.2 Å². The molecule has 1 heterocycles. The summed E-state index contributed by atoms with van der Waals surface area (Å²) >= 11 is 0. The molecule has 0 aromatic carbocycles. The third kappa shape index (κ3) is 0.902. The van der Waals surface area contributed by atoms with Gasteiger partial charge in [0.05, 0.1) is 11.3 Å². The molecule has 1 aliphatic carbocycles. The number of H-pyrrole nitrogens is 1. The predicted octanol–water partition coefficient (Wildman–Crippen LogP) is 0.875. The Morgan fingerprint density at radius 2 is 2.00 bits per heavy atom. The van der Waals surface area contributed by atoms with Crippen LogP contribution in [0.2, 0.25) is 0 Å². The van der Waals surface area contributed by atoms with Crippen LogP contribution in [0.1, 0.15) is 0 Å². The number of hydrogen-bond acceptors (Lipinski definition) is 2. The van der Waals surface area contributed by atoms with E-state index < -0.39 is 0 Å². The fourth-order valence-corrected chi connectivity index (χ4v) is 0.999. The van der Waals surface area contributed by atoms with Crippen LogP contribution in [0.5, 0.6) is 0 Å². The number of aromatic nitrogens is 2. The molecule has 2 rings (SSSR count). The van der Waals surface area contributed by atoms with Gasteiger partial charge >= 0.3 is 0 Å². The average molecular weight is 146 g/mol. The molecule has 0 amide bonds. The van der Waals surface area contributed by atoms with Gasteiger partial charge in [0.2, 0.25) is 0 Å². The maximum atomic E-state index is 11.0. The van der Waals surface area contributed by atoms with Crippen LogP contribution in [0.4, 0.5) is 0 Å². The van der Waals surface area contributed by atoms with Crippen molar-refractivity contribution in [2.75, 3.05) is 0 Å². The molecule has 3 nitrogen and oxygen atoms in total. The summed E-state index contributed by atoms with van der Waals surface area (Å²) in [7, 11) is 0. The normalized spacial score (nSPS) is 10.2. The Morgan fingerprint density at radius 1 is 1.18 bits per heavy atom. The lowest BCUT2D eigenvalue weighted by Crippen LogP contribution is -1.98. The van der Waals surface area contributed by atoms with Crippen molar-refractivity contribution < 1.29 is 0 Å².